The highest BCUT2D eigenvalue weighted by Crippen LogP contribution is 2.31. The lowest BCUT2D eigenvalue weighted by Crippen LogP contribution is -2.10. The van der Waals surface area contributed by atoms with E-state index in [1.807, 2.05) is 0 Å². The maximum Gasteiger partial charge on any atom is 0.339 e. The molecule has 7 nitrogen and oxygen atoms in total. The van der Waals surface area contributed by atoms with Crippen molar-refractivity contribution in [2.45, 2.75) is 13.3 Å². The van der Waals surface area contributed by atoms with E-state index in [1.54, 1.807) is 12.3 Å². The van der Waals surface area contributed by atoms with E-state index in [4.69, 9.17) is 21.4 Å². The SMILES string of the molecule is CCOC(=O)c1csc2nc(Cl)nc(NCCC(=O)O)c12. The van der Waals surface area contributed by atoms with Gasteiger partial charge in [0.2, 0.25) is 5.28 Å². The monoisotopic (exact) mass is 329 g/mol. The third-order valence-corrected chi connectivity index (χ3v) is 3.57. The number of aliphatic carboxylic acids is 1. The van der Waals surface area contributed by atoms with Gasteiger partial charge in [0.1, 0.15) is 10.6 Å². The van der Waals surface area contributed by atoms with Gasteiger partial charge in [-0.1, -0.05) is 0 Å². The number of thiophene rings is 1. The summed E-state index contributed by atoms with van der Waals surface area (Å²) in [5.74, 6) is -1.08. The van der Waals surface area contributed by atoms with Gasteiger partial charge in [-0.25, -0.2) is 14.8 Å². The summed E-state index contributed by atoms with van der Waals surface area (Å²) >= 11 is 7.07. The summed E-state index contributed by atoms with van der Waals surface area (Å²) in [5.41, 5.74) is 0.339. The van der Waals surface area contributed by atoms with Crippen LogP contribution in [0.2, 0.25) is 5.28 Å². The standard InChI is InChI=1S/C12H12ClN3O4S/c1-2-20-11(19)6-5-21-10-8(6)9(15-12(13)16-10)14-4-3-7(17)18/h5H,2-4H2,1H3,(H,17,18)(H,14,15,16). The maximum atomic E-state index is 11.9. The second-order valence-electron chi connectivity index (χ2n) is 3.96. The van der Waals surface area contributed by atoms with Crippen molar-refractivity contribution < 1.29 is 19.4 Å². The van der Waals surface area contributed by atoms with Crippen LogP contribution in [0.5, 0.6) is 0 Å². The van der Waals surface area contributed by atoms with Crippen LogP contribution in [0.3, 0.4) is 0 Å². The number of carboxylic acid groups (broad SMARTS) is 1. The van der Waals surface area contributed by atoms with E-state index in [0.717, 1.165) is 0 Å². The lowest BCUT2D eigenvalue weighted by molar-refractivity contribution is -0.136. The second kappa shape index (κ2) is 6.68. The highest BCUT2D eigenvalue weighted by atomic mass is 35.5. The Bertz CT molecular complexity index is 688. The lowest BCUT2D eigenvalue weighted by Gasteiger charge is -2.07. The molecule has 0 fully saturated rings. The smallest absolute Gasteiger partial charge is 0.339 e. The summed E-state index contributed by atoms with van der Waals surface area (Å²) < 4.78 is 4.98. The van der Waals surface area contributed by atoms with Crippen LogP contribution in [0.4, 0.5) is 5.82 Å². The van der Waals surface area contributed by atoms with Gasteiger partial charge in [-0.05, 0) is 18.5 Å². The largest absolute Gasteiger partial charge is 0.481 e. The number of anilines is 1. The van der Waals surface area contributed by atoms with E-state index >= 15 is 0 Å². The molecule has 2 aromatic rings. The van der Waals surface area contributed by atoms with Gasteiger partial charge in [-0.3, -0.25) is 4.79 Å². The van der Waals surface area contributed by atoms with Crippen LogP contribution in [0.25, 0.3) is 10.2 Å². The van der Waals surface area contributed by atoms with Crippen molar-refractivity contribution in [2.24, 2.45) is 0 Å². The number of aromatic nitrogens is 2. The van der Waals surface area contributed by atoms with Gasteiger partial charge in [-0.15, -0.1) is 11.3 Å². The van der Waals surface area contributed by atoms with Gasteiger partial charge in [-0.2, -0.15) is 0 Å². The normalized spacial score (nSPS) is 10.6. The molecule has 9 heteroatoms. The second-order valence-corrected chi connectivity index (χ2v) is 5.16. The van der Waals surface area contributed by atoms with Crippen LogP contribution in [0, 0.1) is 0 Å². The molecule has 0 unspecified atom stereocenters. The Labute approximate surface area is 128 Å². The van der Waals surface area contributed by atoms with Crippen molar-refractivity contribution >= 4 is 50.9 Å². The van der Waals surface area contributed by atoms with Crippen molar-refractivity contribution in [3.63, 3.8) is 0 Å². The van der Waals surface area contributed by atoms with Gasteiger partial charge in [0.05, 0.1) is 24.0 Å². The molecular formula is C12H12ClN3O4S. The first-order chi connectivity index (χ1) is 10.0. The van der Waals surface area contributed by atoms with Crippen LogP contribution >= 0.6 is 22.9 Å². The minimum absolute atomic E-state index is 0.0255. The van der Waals surface area contributed by atoms with Crippen molar-refractivity contribution in [3.8, 4) is 0 Å². The average molecular weight is 330 g/mol. The quantitative estimate of drug-likeness (QED) is 0.619. The minimum Gasteiger partial charge on any atom is -0.481 e. The number of ether oxygens (including phenoxy) is 1. The van der Waals surface area contributed by atoms with Gasteiger partial charge in [0.15, 0.2) is 0 Å². The fraction of sp³-hybridized carbons (Fsp3) is 0.333. The molecule has 0 saturated heterocycles. The van der Waals surface area contributed by atoms with Crippen molar-refractivity contribution in [1.29, 1.82) is 0 Å². The molecule has 0 radical (unpaired) electrons. The molecule has 0 amide bonds. The van der Waals surface area contributed by atoms with Crippen molar-refractivity contribution in [3.05, 3.63) is 16.2 Å². The van der Waals surface area contributed by atoms with E-state index in [2.05, 4.69) is 15.3 Å². The number of halogens is 1. The predicted octanol–water partition coefficient (Wildman–Crippen LogP) is 2.41. The molecule has 2 N–H and O–H groups in total. The van der Waals surface area contributed by atoms with E-state index in [-0.39, 0.29) is 24.9 Å². The molecule has 0 bridgehead atoms. The molecule has 2 rings (SSSR count). The number of esters is 1. The Balaban J connectivity index is 2.39. The van der Waals surface area contributed by atoms with E-state index < -0.39 is 11.9 Å². The first-order valence-electron chi connectivity index (χ1n) is 6.10. The van der Waals surface area contributed by atoms with Gasteiger partial charge >= 0.3 is 11.9 Å². The Kier molecular flexibility index (Phi) is 4.92. The summed E-state index contributed by atoms with van der Waals surface area (Å²) in [6.45, 7) is 2.13. The van der Waals surface area contributed by atoms with Gasteiger partial charge < -0.3 is 15.2 Å². The van der Waals surface area contributed by atoms with Crippen molar-refractivity contribution in [2.75, 3.05) is 18.5 Å². The van der Waals surface area contributed by atoms with Crippen LogP contribution in [-0.2, 0) is 9.53 Å². The first-order valence-corrected chi connectivity index (χ1v) is 7.36. The highest BCUT2D eigenvalue weighted by Gasteiger charge is 2.19. The minimum atomic E-state index is -0.935. The summed E-state index contributed by atoms with van der Waals surface area (Å²) in [5, 5.41) is 13.7. The summed E-state index contributed by atoms with van der Waals surface area (Å²) in [6.07, 6.45) is -0.0814. The zero-order valence-corrected chi connectivity index (χ0v) is 12.6. The number of carbonyl (C=O) groups is 2. The third-order valence-electron chi connectivity index (χ3n) is 2.53. The molecule has 0 saturated carbocycles. The molecule has 0 aliphatic heterocycles. The first kappa shape index (κ1) is 15.5. The molecule has 0 aliphatic rings. The Morgan fingerprint density at radius 1 is 1.48 bits per heavy atom. The fourth-order valence-corrected chi connectivity index (χ4v) is 2.82. The summed E-state index contributed by atoms with van der Waals surface area (Å²) in [4.78, 5) is 31.1. The summed E-state index contributed by atoms with van der Waals surface area (Å²) in [7, 11) is 0. The number of hydrogen-bond donors (Lipinski definition) is 2. The van der Waals surface area contributed by atoms with Crippen LogP contribution < -0.4 is 5.32 Å². The topological polar surface area (TPSA) is 101 Å². The average Bonchev–Trinajstić information content (AvgIpc) is 2.82. The zero-order valence-electron chi connectivity index (χ0n) is 11.1. The number of hydrogen-bond acceptors (Lipinski definition) is 7. The zero-order chi connectivity index (χ0) is 15.4. The van der Waals surface area contributed by atoms with Gasteiger partial charge in [0, 0.05) is 11.9 Å². The molecule has 2 heterocycles. The molecule has 0 atom stereocenters. The Hall–Kier alpha value is -1.93. The van der Waals surface area contributed by atoms with Crippen LogP contribution in [-0.4, -0.2) is 40.2 Å². The Morgan fingerprint density at radius 3 is 2.90 bits per heavy atom. The van der Waals surface area contributed by atoms with E-state index in [1.165, 1.54) is 11.3 Å². The molecule has 0 aliphatic carbocycles. The molecular weight excluding hydrogens is 318 g/mol. The number of carboxylic acids is 1. The molecule has 0 spiro atoms. The number of fused-ring (bicyclic) bond motifs is 1. The predicted molar refractivity (Wildman–Crippen MR) is 79.1 cm³/mol. The Morgan fingerprint density at radius 2 is 2.24 bits per heavy atom. The van der Waals surface area contributed by atoms with E-state index in [0.29, 0.717) is 21.6 Å². The number of nitrogens with zero attached hydrogens (tertiary/aromatic N) is 2. The van der Waals surface area contributed by atoms with Crippen LogP contribution in [0.15, 0.2) is 5.38 Å². The maximum absolute atomic E-state index is 11.9. The number of nitrogens with one attached hydrogen (secondary N) is 1. The fourth-order valence-electron chi connectivity index (χ4n) is 1.69. The van der Waals surface area contributed by atoms with Crippen molar-refractivity contribution in [1.82, 2.24) is 9.97 Å². The molecule has 112 valence electrons. The lowest BCUT2D eigenvalue weighted by atomic mass is 10.2. The highest BCUT2D eigenvalue weighted by molar-refractivity contribution is 7.17. The van der Waals surface area contributed by atoms with Crippen LogP contribution in [0.1, 0.15) is 23.7 Å². The number of rotatable bonds is 6. The molecule has 0 aromatic carbocycles. The number of carbonyl (C=O) groups excluding carboxylic acids is 1. The molecule has 21 heavy (non-hydrogen) atoms. The summed E-state index contributed by atoms with van der Waals surface area (Å²) in [6, 6.07) is 0. The van der Waals surface area contributed by atoms with Gasteiger partial charge in [0.25, 0.3) is 0 Å². The van der Waals surface area contributed by atoms with E-state index in [9.17, 15) is 9.59 Å². The third kappa shape index (κ3) is 3.59. The molecule has 2 aromatic heterocycles.